The van der Waals surface area contributed by atoms with Crippen molar-refractivity contribution in [1.82, 2.24) is 0 Å². The van der Waals surface area contributed by atoms with Gasteiger partial charge in [-0.25, -0.2) is 0 Å². The van der Waals surface area contributed by atoms with Gasteiger partial charge in [-0.2, -0.15) is 0 Å². The third-order valence-electron chi connectivity index (χ3n) is 1.63. The van der Waals surface area contributed by atoms with E-state index >= 15 is 0 Å². The van der Waals surface area contributed by atoms with Crippen LogP contribution in [0, 0.1) is 17.2 Å². The molecule has 0 bridgehead atoms. The number of nitrogens with one attached hydrogen (secondary N) is 1. The highest BCUT2D eigenvalue weighted by molar-refractivity contribution is 5.53. The van der Waals surface area contributed by atoms with Crippen LogP contribution >= 0.6 is 0 Å². The van der Waals surface area contributed by atoms with E-state index in [0.29, 0.717) is 5.92 Å². The fourth-order valence-corrected chi connectivity index (χ4v) is 0.458. The summed E-state index contributed by atoms with van der Waals surface area (Å²) in [6.45, 7) is 10.6. The summed E-state index contributed by atoms with van der Waals surface area (Å²) >= 11 is 0. The molecule has 0 aliphatic rings. The molecular weight excluding hydrogens is 122 g/mol. The maximum absolute atomic E-state index is 6.80. The van der Waals surface area contributed by atoms with Crippen molar-refractivity contribution in [2.75, 3.05) is 0 Å². The van der Waals surface area contributed by atoms with E-state index in [1.165, 1.54) is 6.21 Å². The fourth-order valence-electron chi connectivity index (χ4n) is 0.458. The molecule has 0 aliphatic heterocycles. The first-order valence-electron chi connectivity index (χ1n) is 4.17. The van der Waals surface area contributed by atoms with Crippen molar-refractivity contribution in [2.24, 2.45) is 11.8 Å². The molecular formula is C9H21N. The average molecular weight is 143 g/mol. The molecule has 1 N–H and O–H groups in total. The van der Waals surface area contributed by atoms with Crippen molar-refractivity contribution in [3.8, 4) is 0 Å². The normalized spacial score (nSPS) is 11.8. The summed E-state index contributed by atoms with van der Waals surface area (Å²) in [5.41, 5.74) is 0. The van der Waals surface area contributed by atoms with Gasteiger partial charge < -0.3 is 5.41 Å². The zero-order valence-electron chi connectivity index (χ0n) is 7.94. The molecule has 1 unspecified atom stereocenters. The maximum Gasteiger partial charge on any atom is -0.00450 e. The number of hydrogen-bond acceptors (Lipinski definition) is 1. The van der Waals surface area contributed by atoms with Gasteiger partial charge in [-0.05, 0) is 24.5 Å². The predicted molar refractivity (Wildman–Crippen MR) is 48.8 cm³/mol. The summed E-state index contributed by atoms with van der Waals surface area (Å²) in [7, 11) is 0. The topological polar surface area (TPSA) is 23.9 Å². The maximum atomic E-state index is 6.80. The molecule has 1 heteroatoms. The van der Waals surface area contributed by atoms with E-state index in [2.05, 4.69) is 20.8 Å². The summed E-state index contributed by atoms with van der Waals surface area (Å²) in [4.78, 5) is 0. The van der Waals surface area contributed by atoms with E-state index in [0.717, 1.165) is 12.3 Å². The van der Waals surface area contributed by atoms with Gasteiger partial charge in [0.05, 0.1) is 0 Å². The van der Waals surface area contributed by atoms with E-state index in [1.54, 1.807) is 0 Å². The smallest absolute Gasteiger partial charge is 0.00450 e. The highest BCUT2D eigenvalue weighted by Gasteiger charge is 2.02. The molecule has 0 heterocycles. The predicted octanol–water partition coefficient (Wildman–Crippen LogP) is 3.34. The van der Waals surface area contributed by atoms with Crippen LogP contribution in [0.5, 0.6) is 0 Å². The van der Waals surface area contributed by atoms with Crippen molar-refractivity contribution in [3.63, 3.8) is 0 Å². The molecule has 0 amide bonds. The minimum atomic E-state index is 0.674. The highest BCUT2D eigenvalue weighted by Crippen LogP contribution is 2.11. The molecule has 0 saturated carbocycles. The minimum absolute atomic E-state index is 0.674. The second kappa shape index (κ2) is 8.67. The Balaban J connectivity index is 0. The van der Waals surface area contributed by atoms with E-state index in [4.69, 9.17) is 5.41 Å². The van der Waals surface area contributed by atoms with Gasteiger partial charge in [0.15, 0.2) is 0 Å². The van der Waals surface area contributed by atoms with E-state index < -0.39 is 0 Å². The van der Waals surface area contributed by atoms with Gasteiger partial charge >= 0.3 is 0 Å². The molecule has 0 aromatic rings. The minimum Gasteiger partial charge on any atom is -0.313 e. The van der Waals surface area contributed by atoms with Gasteiger partial charge in [0.1, 0.15) is 0 Å². The van der Waals surface area contributed by atoms with Crippen LogP contribution in [0.15, 0.2) is 0 Å². The van der Waals surface area contributed by atoms with Crippen LogP contribution in [0.2, 0.25) is 0 Å². The molecule has 0 rings (SSSR count). The Bertz CT molecular complexity index is 67.1. The Kier molecular flexibility index (Phi) is 10.7. The summed E-state index contributed by atoms with van der Waals surface area (Å²) in [5, 5.41) is 6.80. The standard InChI is InChI=1S/C7H15N.C2H6/c1-6(2)7(3)4-5-8;1-2/h5-8H,4H2,1-3H3;1-2H3. The lowest BCUT2D eigenvalue weighted by Crippen LogP contribution is -2.03. The molecule has 62 valence electrons. The lowest BCUT2D eigenvalue weighted by Gasteiger charge is -2.10. The van der Waals surface area contributed by atoms with Crippen molar-refractivity contribution >= 4 is 6.21 Å². The first-order valence-corrected chi connectivity index (χ1v) is 4.17. The Hall–Kier alpha value is -0.330. The second-order valence-corrected chi connectivity index (χ2v) is 2.66. The van der Waals surface area contributed by atoms with Gasteiger partial charge in [-0.15, -0.1) is 0 Å². The zero-order chi connectivity index (χ0) is 8.57. The molecule has 0 saturated heterocycles. The van der Waals surface area contributed by atoms with Gasteiger partial charge in [-0.3, -0.25) is 0 Å². The van der Waals surface area contributed by atoms with Crippen LogP contribution in [0.25, 0.3) is 0 Å². The molecule has 0 aromatic carbocycles. The Labute approximate surface area is 65.3 Å². The molecule has 1 nitrogen and oxygen atoms in total. The van der Waals surface area contributed by atoms with E-state index in [1.807, 2.05) is 13.8 Å². The summed E-state index contributed by atoms with van der Waals surface area (Å²) in [6.07, 6.45) is 2.42. The molecule has 0 aliphatic carbocycles. The molecule has 0 aromatic heterocycles. The van der Waals surface area contributed by atoms with Crippen molar-refractivity contribution in [3.05, 3.63) is 0 Å². The average Bonchev–Trinajstić information content (AvgIpc) is 1.93. The summed E-state index contributed by atoms with van der Waals surface area (Å²) in [6, 6.07) is 0. The first-order chi connectivity index (χ1) is 4.68. The van der Waals surface area contributed by atoms with Gasteiger partial charge in [-0.1, -0.05) is 34.6 Å². The Morgan fingerprint density at radius 2 is 1.60 bits per heavy atom. The van der Waals surface area contributed by atoms with Gasteiger partial charge in [0.25, 0.3) is 0 Å². The third-order valence-corrected chi connectivity index (χ3v) is 1.63. The third kappa shape index (κ3) is 7.67. The Morgan fingerprint density at radius 3 is 1.70 bits per heavy atom. The number of hydrogen-bond donors (Lipinski definition) is 1. The lowest BCUT2D eigenvalue weighted by molar-refractivity contribution is 0.435. The molecule has 0 spiro atoms. The van der Waals surface area contributed by atoms with Crippen molar-refractivity contribution in [1.29, 1.82) is 5.41 Å². The summed E-state index contributed by atoms with van der Waals surface area (Å²) < 4.78 is 0. The van der Waals surface area contributed by atoms with Crippen LogP contribution in [-0.2, 0) is 0 Å². The monoisotopic (exact) mass is 143 g/mol. The quantitative estimate of drug-likeness (QED) is 0.586. The van der Waals surface area contributed by atoms with Crippen LogP contribution in [0.1, 0.15) is 41.0 Å². The molecule has 0 fully saturated rings. The van der Waals surface area contributed by atoms with Crippen LogP contribution < -0.4 is 0 Å². The molecule has 1 atom stereocenters. The van der Waals surface area contributed by atoms with Crippen LogP contribution in [0.4, 0.5) is 0 Å². The molecule has 0 radical (unpaired) electrons. The van der Waals surface area contributed by atoms with E-state index in [-0.39, 0.29) is 0 Å². The summed E-state index contributed by atoms with van der Waals surface area (Å²) in [5.74, 6) is 1.39. The SMILES string of the molecule is CC.CC(C)C(C)CC=N. The number of rotatable bonds is 3. The first kappa shape index (κ1) is 12.4. The van der Waals surface area contributed by atoms with Crippen molar-refractivity contribution in [2.45, 2.75) is 41.0 Å². The largest absolute Gasteiger partial charge is 0.313 e. The van der Waals surface area contributed by atoms with Crippen LogP contribution in [0.3, 0.4) is 0 Å². The Morgan fingerprint density at radius 1 is 1.20 bits per heavy atom. The van der Waals surface area contributed by atoms with Gasteiger partial charge in [0, 0.05) is 0 Å². The lowest BCUT2D eigenvalue weighted by atomic mass is 9.95. The van der Waals surface area contributed by atoms with Gasteiger partial charge in [0.2, 0.25) is 0 Å². The van der Waals surface area contributed by atoms with Crippen LogP contribution in [-0.4, -0.2) is 6.21 Å². The molecule has 10 heavy (non-hydrogen) atoms. The van der Waals surface area contributed by atoms with E-state index in [9.17, 15) is 0 Å². The van der Waals surface area contributed by atoms with Crippen molar-refractivity contribution < 1.29 is 0 Å². The highest BCUT2D eigenvalue weighted by atomic mass is 14.3. The fraction of sp³-hybridized carbons (Fsp3) is 0.889. The second-order valence-electron chi connectivity index (χ2n) is 2.66. The zero-order valence-corrected chi connectivity index (χ0v) is 7.94.